The third-order valence-corrected chi connectivity index (χ3v) is 5.06. The average molecular weight is 302 g/mol. The molecule has 0 aliphatic heterocycles. The van der Waals surface area contributed by atoms with Gasteiger partial charge in [0.25, 0.3) is 0 Å². The first-order valence-corrected chi connectivity index (χ1v) is 8.60. The van der Waals surface area contributed by atoms with Crippen LogP contribution >= 0.6 is 11.3 Å². The van der Waals surface area contributed by atoms with Crippen molar-refractivity contribution < 1.29 is 4.74 Å². The van der Waals surface area contributed by atoms with Crippen LogP contribution in [0.2, 0.25) is 0 Å². The third-order valence-electron chi connectivity index (χ3n) is 3.82. The van der Waals surface area contributed by atoms with Crippen LogP contribution in [0.1, 0.15) is 43.3 Å². The first-order valence-electron chi connectivity index (χ1n) is 7.78. The summed E-state index contributed by atoms with van der Waals surface area (Å²) in [6, 6.07) is 8.69. The Hall–Kier alpha value is -1.39. The van der Waals surface area contributed by atoms with E-state index in [9.17, 15) is 0 Å². The highest BCUT2D eigenvalue weighted by Gasteiger charge is 2.24. The van der Waals surface area contributed by atoms with E-state index in [1.54, 1.807) is 0 Å². The SMILES string of the molecule is CCNC1CCCc2nc(-c3ccccc3OCC)sc21. The summed E-state index contributed by atoms with van der Waals surface area (Å²) in [7, 11) is 0. The van der Waals surface area contributed by atoms with E-state index in [2.05, 4.69) is 24.4 Å². The molecule has 1 atom stereocenters. The maximum atomic E-state index is 5.75. The van der Waals surface area contributed by atoms with Crippen LogP contribution in [0.3, 0.4) is 0 Å². The Balaban J connectivity index is 1.97. The van der Waals surface area contributed by atoms with Crippen molar-refractivity contribution in [3.63, 3.8) is 0 Å². The summed E-state index contributed by atoms with van der Waals surface area (Å²) < 4.78 is 5.75. The smallest absolute Gasteiger partial charge is 0.129 e. The summed E-state index contributed by atoms with van der Waals surface area (Å²) in [4.78, 5) is 6.32. The molecule has 1 aromatic heterocycles. The number of nitrogens with one attached hydrogen (secondary N) is 1. The van der Waals surface area contributed by atoms with E-state index in [1.165, 1.54) is 23.4 Å². The van der Waals surface area contributed by atoms with Crippen molar-refractivity contribution >= 4 is 11.3 Å². The Kier molecular flexibility index (Phi) is 4.56. The maximum absolute atomic E-state index is 5.75. The lowest BCUT2D eigenvalue weighted by Crippen LogP contribution is -2.23. The van der Waals surface area contributed by atoms with Gasteiger partial charge in [0.15, 0.2) is 0 Å². The average Bonchev–Trinajstić information content (AvgIpc) is 2.93. The zero-order valence-electron chi connectivity index (χ0n) is 12.7. The van der Waals surface area contributed by atoms with E-state index < -0.39 is 0 Å². The molecule has 112 valence electrons. The molecule has 0 radical (unpaired) electrons. The molecule has 4 heteroatoms. The highest BCUT2D eigenvalue weighted by molar-refractivity contribution is 7.15. The Morgan fingerprint density at radius 2 is 2.19 bits per heavy atom. The Morgan fingerprint density at radius 1 is 1.33 bits per heavy atom. The minimum atomic E-state index is 0.476. The second-order valence-electron chi connectivity index (χ2n) is 5.26. The molecule has 1 N–H and O–H groups in total. The van der Waals surface area contributed by atoms with Gasteiger partial charge in [-0.3, -0.25) is 0 Å². The summed E-state index contributed by atoms with van der Waals surface area (Å²) in [5.41, 5.74) is 2.40. The molecule has 0 saturated carbocycles. The number of ether oxygens (including phenoxy) is 1. The van der Waals surface area contributed by atoms with E-state index in [0.717, 1.165) is 29.3 Å². The van der Waals surface area contributed by atoms with Crippen LogP contribution in [0.25, 0.3) is 10.6 Å². The standard InChI is InChI=1S/C17H22N2OS/c1-3-18-13-9-7-10-14-16(13)21-17(19-14)12-8-5-6-11-15(12)20-4-2/h5-6,8,11,13,18H,3-4,7,9-10H2,1-2H3. The monoisotopic (exact) mass is 302 g/mol. The summed E-state index contributed by atoms with van der Waals surface area (Å²) in [6.45, 7) is 5.88. The number of aryl methyl sites for hydroxylation is 1. The number of hydrogen-bond donors (Lipinski definition) is 1. The highest BCUT2D eigenvalue weighted by Crippen LogP contribution is 2.40. The molecule has 1 aliphatic carbocycles. The molecule has 2 aromatic rings. The highest BCUT2D eigenvalue weighted by atomic mass is 32.1. The molecular weight excluding hydrogens is 280 g/mol. The molecule has 0 saturated heterocycles. The van der Waals surface area contributed by atoms with Crippen LogP contribution in [0, 0.1) is 0 Å². The van der Waals surface area contributed by atoms with Crippen molar-refractivity contribution in [2.24, 2.45) is 0 Å². The molecule has 1 heterocycles. The van der Waals surface area contributed by atoms with Gasteiger partial charge in [-0.2, -0.15) is 0 Å². The molecule has 0 spiro atoms. The number of rotatable bonds is 5. The van der Waals surface area contributed by atoms with E-state index >= 15 is 0 Å². The summed E-state index contributed by atoms with van der Waals surface area (Å²) in [5.74, 6) is 0.936. The molecule has 0 fully saturated rings. The second kappa shape index (κ2) is 6.58. The predicted octanol–water partition coefficient (Wildman–Crippen LogP) is 4.20. The van der Waals surface area contributed by atoms with Crippen LogP contribution in [-0.4, -0.2) is 18.1 Å². The predicted molar refractivity (Wildman–Crippen MR) is 88.1 cm³/mol. The van der Waals surface area contributed by atoms with Gasteiger partial charge in [0.05, 0.1) is 17.9 Å². The molecule has 1 unspecified atom stereocenters. The number of hydrogen-bond acceptors (Lipinski definition) is 4. The summed E-state index contributed by atoms with van der Waals surface area (Å²) >= 11 is 1.82. The lowest BCUT2D eigenvalue weighted by Gasteiger charge is -2.21. The quantitative estimate of drug-likeness (QED) is 0.899. The Bertz CT molecular complexity index is 609. The normalized spacial score (nSPS) is 17.5. The lowest BCUT2D eigenvalue weighted by molar-refractivity contribution is 0.341. The zero-order valence-corrected chi connectivity index (χ0v) is 13.5. The second-order valence-corrected chi connectivity index (χ2v) is 6.29. The van der Waals surface area contributed by atoms with Gasteiger partial charge in [-0.15, -0.1) is 11.3 Å². The Labute approximate surface area is 130 Å². The fourth-order valence-corrected chi connectivity index (χ4v) is 4.15. The minimum Gasteiger partial charge on any atom is -0.493 e. The van der Waals surface area contributed by atoms with Crippen molar-refractivity contribution in [3.05, 3.63) is 34.8 Å². The van der Waals surface area contributed by atoms with Gasteiger partial charge in [0.2, 0.25) is 0 Å². The largest absolute Gasteiger partial charge is 0.493 e. The van der Waals surface area contributed by atoms with Gasteiger partial charge in [-0.1, -0.05) is 19.1 Å². The van der Waals surface area contributed by atoms with Crippen LogP contribution in [0.5, 0.6) is 5.75 Å². The van der Waals surface area contributed by atoms with Gasteiger partial charge in [0, 0.05) is 10.9 Å². The summed E-state index contributed by atoms with van der Waals surface area (Å²) in [5, 5.41) is 4.68. The van der Waals surface area contributed by atoms with Gasteiger partial charge in [-0.05, 0) is 44.9 Å². The first-order chi connectivity index (χ1) is 10.3. The maximum Gasteiger partial charge on any atom is 0.129 e. The fraction of sp³-hybridized carbons (Fsp3) is 0.471. The molecule has 1 aliphatic rings. The van der Waals surface area contributed by atoms with Gasteiger partial charge in [-0.25, -0.2) is 4.98 Å². The van der Waals surface area contributed by atoms with E-state index in [-0.39, 0.29) is 0 Å². The number of nitrogens with zero attached hydrogens (tertiary/aromatic N) is 1. The van der Waals surface area contributed by atoms with Crippen LogP contribution < -0.4 is 10.1 Å². The molecule has 1 aromatic carbocycles. The van der Waals surface area contributed by atoms with Gasteiger partial charge in [0.1, 0.15) is 10.8 Å². The van der Waals surface area contributed by atoms with Crippen LogP contribution in [-0.2, 0) is 6.42 Å². The third kappa shape index (κ3) is 2.97. The van der Waals surface area contributed by atoms with Crippen molar-refractivity contribution in [1.82, 2.24) is 10.3 Å². The number of para-hydroxylation sites is 1. The Morgan fingerprint density at radius 3 is 3.00 bits per heavy atom. The van der Waals surface area contributed by atoms with Gasteiger partial charge >= 0.3 is 0 Å². The van der Waals surface area contributed by atoms with Crippen LogP contribution in [0.15, 0.2) is 24.3 Å². The molecule has 3 nitrogen and oxygen atoms in total. The number of aromatic nitrogens is 1. The molecular formula is C17H22N2OS. The van der Waals surface area contributed by atoms with Gasteiger partial charge < -0.3 is 10.1 Å². The molecule has 3 rings (SSSR count). The van der Waals surface area contributed by atoms with E-state index in [4.69, 9.17) is 9.72 Å². The van der Waals surface area contributed by atoms with E-state index in [0.29, 0.717) is 12.6 Å². The number of thiazole rings is 1. The van der Waals surface area contributed by atoms with Crippen molar-refractivity contribution in [2.75, 3.05) is 13.2 Å². The van der Waals surface area contributed by atoms with Crippen molar-refractivity contribution in [2.45, 2.75) is 39.2 Å². The molecule has 0 amide bonds. The number of benzene rings is 1. The van der Waals surface area contributed by atoms with Crippen molar-refractivity contribution in [1.29, 1.82) is 0 Å². The topological polar surface area (TPSA) is 34.2 Å². The lowest BCUT2D eigenvalue weighted by atomic mass is 9.98. The van der Waals surface area contributed by atoms with E-state index in [1.807, 2.05) is 30.4 Å². The minimum absolute atomic E-state index is 0.476. The molecule has 0 bridgehead atoms. The van der Waals surface area contributed by atoms with Crippen LogP contribution in [0.4, 0.5) is 0 Å². The zero-order chi connectivity index (χ0) is 14.7. The fourth-order valence-electron chi connectivity index (χ4n) is 2.90. The number of fused-ring (bicyclic) bond motifs is 1. The van der Waals surface area contributed by atoms with Crippen molar-refractivity contribution in [3.8, 4) is 16.3 Å². The first kappa shape index (κ1) is 14.5. The molecule has 21 heavy (non-hydrogen) atoms. The summed E-state index contributed by atoms with van der Waals surface area (Å²) in [6.07, 6.45) is 3.54.